The lowest BCUT2D eigenvalue weighted by atomic mass is 10.2. The average Bonchev–Trinajstić information content (AvgIpc) is 2.43. The van der Waals surface area contributed by atoms with Crippen LogP contribution in [-0.2, 0) is 0 Å². The number of carbonyl (C=O) groups is 1. The Morgan fingerprint density at radius 3 is 2.65 bits per heavy atom. The Hall–Kier alpha value is -1.95. The van der Waals surface area contributed by atoms with E-state index >= 15 is 0 Å². The van der Waals surface area contributed by atoms with E-state index in [0.717, 1.165) is 18.2 Å². The molecule has 0 aliphatic carbocycles. The maximum atomic E-state index is 13.5. The van der Waals surface area contributed by atoms with E-state index in [-0.39, 0.29) is 11.3 Å². The van der Waals surface area contributed by atoms with Crippen molar-refractivity contribution in [3.05, 3.63) is 58.1 Å². The summed E-state index contributed by atoms with van der Waals surface area (Å²) in [6, 6.07) is 7.65. The number of hydrogen-bond acceptors (Lipinski definition) is 2. The van der Waals surface area contributed by atoms with Crippen LogP contribution in [0.25, 0.3) is 0 Å². The van der Waals surface area contributed by atoms with E-state index in [4.69, 9.17) is 4.74 Å². The molecule has 0 aliphatic rings. The van der Waals surface area contributed by atoms with Crippen LogP contribution in [0.15, 0.2) is 40.9 Å². The summed E-state index contributed by atoms with van der Waals surface area (Å²) >= 11 is 3.22. The molecule has 0 aromatic heterocycles. The molecular formula is C14H10BrF2NO2. The molecule has 1 N–H and O–H groups in total. The van der Waals surface area contributed by atoms with Crippen LogP contribution >= 0.6 is 15.9 Å². The van der Waals surface area contributed by atoms with Crippen molar-refractivity contribution in [2.45, 2.75) is 0 Å². The number of rotatable bonds is 3. The first kappa shape index (κ1) is 14.5. The molecule has 20 heavy (non-hydrogen) atoms. The van der Waals surface area contributed by atoms with Crippen LogP contribution in [0.3, 0.4) is 0 Å². The van der Waals surface area contributed by atoms with Gasteiger partial charge in [-0.25, -0.2) is 8.78 Å². The van der Waals surface area contributed by atoms with Crippen LogP contribution in [0.5, 0.6) is 5.75 Å². The number of anilines is 1. The summed E-state index contributed by atoms with van der Waals surface area (Å²) in [5.74, 6) is -1.43. The van der Waals surface area contributed by atoms with Crippen LogP contribution in [-0.4, -0.2) is 13.0 Å². The van der Waals surface area contributed by atoms with E-state index in [2.05, 4.69) is 21.2 Å². The molecule has 0 heterocycles. The van der Waals surface area contributed by atoms with Crippen LogP contribution in [0.2, 0.25) is 0 Å². The third-order valence-corrected chi connectivity index (χ3v) is 3.29. The predicted molar refractivity (Wildman–Crippen MR) is 75.0 cm³/mol. The number of hydrogen-bond donors (Lipinski definition) is 1. The monoisotopic (exact) mass is 341 g/mol. The Balaban J connectivity index is 2.30. The zero-order chi connectivity index (χ0) is 14.7. The number of methoxy groups -OCH3 is 1. The topological polar surface area (TPSA) is 38.3 Å². The lowest BCUT2D eigenvalue weighted by molar-refractivity contribution is 0.102. The van der Waals surface area contributed by atoms with Crippen molar-refractivity contribution in [3.8, 4) is 5.75 Å². The zero-order valence-corrected chi connectivity index (χ0v) is 12.0. The Labute approximate surface area is 122 Å². The summed E-state index contributed by atoms with van der Waals surface area (Å²) in [6.07, 6.45) is 0. The number of ether oxygens (including phenoxy) is 1. The lowest BCUT2D eigenvalue weighted by Crippen LogP contribution is -2.14. The highest BCUT2D eigenvalue weighted by molar-refractivity contribution is 9.10. The molecule has 0 bridgehead atoms. The third-order valence-electron chi connectivity index (χ3n) is 2.59. The minimum atomic E-state index is -0.709. The van der Waals surface area contributed by atoms with E-state index in [1.54, 1.807) is 12.1 Å². The van der Waals surface area contributed by atoms with Gasteiger partial charge in [0.2, 0.25) is 0 Å². The van der Waals surface area contributed by atoms with Gasteiger partial charge in [-0.3, -0.25) is 4.79 Å². The first-order valence-electron chi connectivity index (χ1n) is 5.61. The minimum Gasteiger partial charge on any atom is -0.497 e. The highest BCUT2D eigenvalue weighted by Gasteiger charge is 2.14. The number of amides is 1. The summed E-state index contributed by atoms with van der Waals surface area (Å²) in [6.45, 7) is 0. The van der Waals surface area contributed by atoms with Crippen LogP contribution < -0.4 is 10.1 Å². The highest BCUT2D eigenvalue weighted by atomic mass is 79.9. The molecule has 0 fully saturated rings. The predicted octanol–water partition coefficient (Wildman–Crippen LogP) is 3.99. The van der Waals surface area contributed by atoms with Crippen molar-refractivity contribution in [1.29, 1.82) is 0 Å². The van der Waals surface area contributed by atoms with Crippen molar-refractivity contribution in [1.82, 2.24) is 0 Å². The highest BCUT2D eigenvalue weighted by Crippen LogP contribution is 2.24. The maximum Gasteiger partial charge on any atom is 0.257 e. The fourth-order valence-corrected chi connectivity index (χ4v) is 2.01. The smallest absolute Gasteiger partial charge is 0.257 e. The third kappa shape index (κ3) is 3.14. The Morgan fingerprint density at radius 1 is 1.20 bits per heavy atom. The number of benzene rings is 2. The molecule has 0 spiro atoms. The summed E-state index contributed by atoms with van der Waals surface area (Å²) < 4.78 is 32.1. The van der Waals surface area contributed by atoms with Gasteiger partial charge in [0.25, 0.3) is 5.91 Å². The van der Waals surface area contributed by atoms with Crippen molar-refractivity contribution in [2.24, 2.45) is 0 Å². The van der Waals surface area contributed by atoms with Gasteiger partial charge in [0.15, 0.2) is 0 Å². The lowest BCUT2D eigenvalue weighted by Gasteiger charge is -2.09. The van der Waals surface area contributed by atoms with Gasteiger partial charge in [0.1, 0.15) is 17.4 Å². The average molecular weight is 342 g/mol. The van der Waals surface area contributed by atoms with Crippen molar-refractivity contribution in [3.63, 3.8) is 0 Å². The van der Waals surface area contributed by atoms with E-state index in [1.807, 2.05) is 0 Å². The molecule has 2 aromatic rings. The fourth-order valence-electron chi connectivity index (χ4n) is 1.59. The molecule has 104 valence electrons. The molecule has 0 atom stereocenters. The second kappa shape index (κ2) is 6.00. The molecule has 0 saturated carbocycles. The Bertz CT molecular complexity index is 662. The van der Waals surface area contributed by atoms with Gasteiger partial charge >= 0.3 is 0 Å². The summed E-state index contributed by atoms with van der Waals surface area (Å²) in [4.78, 5) is 12.1. The van der Waals surface area contributed by atoms with E-state index < -0.39 is 17.5 Å². The fraction of sp³-hybridized carbons (Fsp3) is 0.0714. The van der Waals surface area contributed by atoms with Crippen LogP contribution in [0.1, 0.15) is 10.4 Å². The van der Waals surface area contributed by atoms with Gasteiger partial charge in [-0.1, -0.05) is 0 Å². The summed E-state index contributed by atoms with van der Waals surface area (Å²) in [5, 5.41) is 2.32. The van der Waals surface area contributed by atoms with Crippen molar-refractivity contribution >= 4 is 27.5 Å². The summed E-state index contributed by atoms with van der Waals surface area (Å²) in [7, 11) is 1.47. The van der Waals surface area contributed by atoms with Gasteiger partial charge < -0.3 is 10.1 Å². The molecule has 0 unspecified atom stereocenters. The van der Waals surface area contributed by atoms with E-state index in [0.29, 0.717) is 10.2 Å². The van der Waals surface area contributed by atoms with Gasteiger partial charge in [0, 0.05) is 10.5 Å². The van der Waals surface area contributed by atoms with Crippen molar-refractivity contribution in [2.75, 3.05) is 12.4 Å². The molecule has 6 heteroatoms. The van der Waals surface area contributed by atoms with Gasteiger partial charge in [0.05, 0.1) is 18.4 Å². The van der Waals surface area contributed by atoms with Gasteiger partial charge in [-0.15, -0.1) is 0 Å². The first-order valence-corrected chi connectivity index (χ1v) is 6.40. The maximum absolute atomic E-state index is 13.5. The minimum absolute atomic E-state index is 0.218. The molecule has 0 aliphatic heterocycles. The number of halogens is 3. The largest absolute Gasteiger partial charge is 0.497 e. The molecule has 2 rings (SSSR count). The molecular weight excluding hydrogens is 332 g/mol. The molecule has 2 aromatic carbocycles. The second-order valence-electron chi connectivity index (χ2n) is 3.92. The normalized spacial score (nSPS) is 10.2. The number of nitrogens with one attached hydrogen (secondary N) is 1. The van der Waals surface area contributed by atoms with Gasteiger partial charge in [-0.05, 0) is 46.3 Å². The van der Waals surface area contributed by atoms with Crippen molar-refractivity contribution < 1.29 is 18.3 Å². The molecule has 0 saturated heterocycles. The summed E-state index contributed by atoms with van der Waals surface area (Å²) in [5.41, 5.74) is 0.0396. The quantitative estimate of drug-likeness (QED) is 0.916. The second-order valence-corrected chi connectivity index (χ2v) is 4.78. The van der Waals surface area contributed by atoms with Crippen LogP contribution in [0, 0.1) is 11.6 Å². The Kier molecular flexibility index (Phi) is 4.34. The standard InChI is InChI=1S/C14H10BrF2NO2/c1-20-9-3-4-11(15)10(7-9)14(19)18-13-6-8(16)2-5-12(13)17/h2-7H,1H3,(H,18,19). The molecule has 0 radical (unpaired) electrons. The zero-order valence-electron chi connectivity index (χ0n) is 10.4. The van der Waals surface area contributed by atoms with Gasteiger partial charge in [-0.2, -0.15) is 0 Å². The Morgan fingerprint density at radius 2 is 1.95 bits per heavy atom. The molecule has 3 nitrogen and oxygen atoms in total. The van der Waals surface area contributed by atoms with Crippen LogP contribution in [0.4, 0.5) is 14.5 Å². The first-order chi connectivity index (χ1) is 9.51. The SMILES string of the molecule is COc1ccc(Br)c(C(=O)Nc2cc(F)ccc2F)c1. The molecule has 1 amide bonds. The van der Waals surface area contributed by atoms with E-state index in [1.165, 1.54) is 13.2 Å². The number of carbonyl (C=O) groups excluding carboxylic acids is 1. The van der Waals surface area contributed by atoms with E-state index in [9.17, 15) is 13.6 Å².